The molecule has 0 saturated heterocycles. The van der Waals surface area contributed by atoms with Gasteiger partial charge in [-0.3, -0.25) is 9.59 Å². The van der Waals surface area contributed by atoms with Gasteiger partial charge in [0, 0.05) is 29.8 Å². The van der Waals surface area contributed by atoms with Crippen LogP contribution in [-0.4, -0.2) is 28.9 Å². The van der Waals surface area contributed by atoms with Crippen LogP contribution in [0.3, 0.4) is 0 Å². The predicted molar refractivity (Wildman–Crippen MR) is 97.4 cm³/mol. The van der Waals surface area contributed by atoms with E-state index in [0.717, 1.165) is 42.7 Å². The fourth-order valence-corrected chi connectivity index (χ4v) is 3.67. The van der Waals surface area contributed by atoms with Crippen LogP contribution in [0.1, 0.15) is 58.4 Å². The number of nitrogens with zero attached hydrogens (tertiary/aromatic N) is 1. The van der Waals surface area contributed by atoms with Crippen molar-refractivity contribution in [3.63, 3.8) is 0 Å². The zero-order valence-corrected chi connectivity index (χ0v) is 15.4. The standard InChI is InChI=1S/C20H28N2O3/c1-4-17-20(24)22(13(2)3)12-15-11-16(9-10-18(15)25-17)21-19(23)14-7-5-6-8-14/h9-11,13-14,17H,4-8,12H2,1-3H3,(H,21,23). The molecule has 1 saturated carbocycles. The number of ether oxygens (including phenoxy) is 1. The van der Waals surface area contributed by atoms with Gasteiger partial charge in [0.2, 0.25) is 5.91 Å². The molecule has 1 atom stereocenters. The molecule has 1 unspecified atom stereocenters. The zero-order valence-electron chi connectivity index (χ0n) is 15.4. The highest BCUT2D eigenvalue weighted by Gasteiger charge is 2.31. The van der Waals surface area contributed by atoms with Crippen LogP contribution in [0.15, 0.2) is 18.2 Å². The second-order valence-corrected chi connectivity index (χ2v) is 7.37. The van der Waals surface area contributed by atoms with Crippen molar-refractivity contribution in [2.24, 2.45) is 5.92 Å². The van der Waals surface area contributed by atoms with E-state index < -0.39 is 6.10 Å². The molecule has 0 aromatic heterocycles. The number of nitrogens with one attached hydrogen (secondary N) is 1. The van der Waals surface area contributed by atoms with Crippen molar-refractivity contribution in [3.05, 3.63) is 23.8 Å². The maximum atomic E-state index is 12.7. The Kier molecular flexibility index (Phi) is 5.30. The van der Waals surface area contributed by atoms with Gasteiger partial charge in [-0.05, 0) is 51.3 Å². The largest absolute Gasteiger partial charge is 0.480 e. The zero-order chi connectivity index (χ0) is 18.0. The number of hydrogen-bond acceptors (Lipinski definition) is 3. The number of rotatable bonds is 4. The third kappa shape index (κ3) is 3.80. The Balaban J connectivity index is 1.82. The minimum atomic E-state index is -0.442. The van der Waals surface area contributed by atoms with Gasteiger partial charge in [0.1, 0.15) is 5.75 Å². The lowest BCUT2D eigenvalue weighted by Crippen LogP contribution is -2.42. The van der Waals surface area contributed by atoms with E-state index in [4.69, 9.17) is 4.74 Å². The van der Waals surface area contributed by atoms with Gasteiger partial charge in [0.15, 0.2) is 6.10 Å². The molecule has 1 aromatic rings. The van der Waals surface area contributed by atoms with Crippen LogP contribution < -0.4 is 10.1 Å². The van der Waals surface area contributed by atoms with E-state index in [2.05, 4.69) is 5.32 Å². The maximum Gasteiger partial charge on any atom is 0.264 e. The fraction of sp³-hybridized carbons (Fsp3) is 0.600. The molecule has 3 rings (SSSR count). The average molecular weight is 344 g/mol. The van der Waals surface area contributed by atoms with Gasteiger partial charge in [-0.2, -0.15) is 0 Å². The Morgan fingerprint density at radius 1 is 1.32 bits per heavy atom. The number of amides is 2. The number of benzene rings is 1. The molecule has 2 aliphatic rings. The second kappa shape index (κ2) is 7.46. The van der Waals surface area contributed by atoms with Crippen LogP contribution in [0.5, 0.6) is 5.75 Å². The second-order valence-electron chi connectivity index (χ2n) is 7.37. The van der Waals surface area contributed by atoms with Crippen molar-refractivity contribution in [1.82, 2.24) is 4.90 Å². The normalized spacial score (nSPS) is 21.0. The van der Waals surface area contributed by atoms with Crippen molar-refractivity contribution in [3.8, 4) is 5.75 Å². The van der Waals surface area contributed by atoms with Crippen molar-refractivity contribution in [1.29, 1.82) is 0 Å². The summed E-state index contributed by atoms with van der Waals surface area (Å²) in [5.41, 5.74) is 1.73. The van der Waals surface area contributed by atoms with Gasteiger partial charge in [0.25, 0.3) is 5.91 Å². The Morgan fingerprint density at radius 3 is 2.68 bits per heavy atom. The van der Waals surface area contributed by atoms with Crippen molar-refractivity contribution in [2.75, 3.05) is 5.32 Å². The molecule has 0 spiro atoms. The lowest BCUT2D eigenvalue weighted by atomic mass is 10.1. The van der Waals surface area contributed by atoms with E-state index in [1.165, 1.54) is 0 Å². The summed E-state index contributed by atoms with van der Waals surface area (Å²) >= 11 is 0. The highest BCUT2D eigenvalue weighted by molar-refractivity contribution is 5.93. The number of anilines is 1. The highest BCUT2D eigenvalue weighted by Crippen LogP contribution is 2.31. The number of hydrogen-bond donors (Lipinski definition) is 1. The van der Waals surface area contributed by atoms with Gasteiger partial charge in [-0.25, -0.2) is 0 Å². The Morgan fingerprint density at radius 2 is 2.04 bits per heavy atom. The van der Waals surface area contributed by atoms with Crippen LogP contribution in [0.25, 0.3) is 0 Å². The fourth-order valence-electron chi connectivity index (χ4n) is 3.67. The van der Waals surface area contributed by atoms with Crippen LogP contribution in [0, 0.1) is 5.92 Å². The first kappa shape index (κ1) is 17.8. The lowest BCUT2D eigenvalue weighted by molar-refractivity contribution is -0.140. The summed E-state index contributed by atoms with van der Waals surface area (Å²) in [6.45, 7) is 6.50. The average Bonchev–Trinajstić information content (AvgIpc) is 3.08. The molecular formula is C20H28N2O3. The quantitative estimate of drug-likeness (QED) is 0.905. The molecule has 1 fully saturated rings. The van der Waals surface area contributed by atoms with Crippen LogP contribution in [0.4, 0.5) is 5.69 Å². The van der Waals surface area contributed by atoms with Gasteiger partial charge < -0.3 is 15.0 Å². The topological polar surface area (TPSA) is 58.6 Å². The third-order valence-electron chi connectivity index (χ3n) is 5.22. The van der Waals surface area contributed by atoms with E-state index in [9.17, 15) is 9.59 Å². The minimum absolute atomic E-state index is 0.0326. The van der Waals surface area contributed by atoms with Crippen LogP contribution in [0.2, 0.25) is 0 Å². The summed E-state index contributed by atoms with van der Waals surface area (Å²) in [6, 6.07) is 5.80. The number of carbonyl (C=O) groups excluding carboxylic acids is 2. The predicted octanol–water partition coefficient (Wildman–Crippen LogP) is 3.72. The maximum absolute atomic E-state index is 12.7. The highest BCUT2D eigenvalue weighted by atomic mass is 16.5. The summed E-state index contributed by atoms with van der Waals surface area (Å²) in [4.78, 5) is 26.9. The molecule has 0 radical (unpaired) electrons. The smallest absolute Gasteiger partial charge is 0.264 e. The van der Waals surface area contributed by atoms with Crippen LogP contribution in [-0.2, 0) is 16.1 Å². The summed E-state index contributed by atoms with van der Waals surface area (Å²) in [5.74, 6) is 1.01. The van der Waals surface area contributed by atoms with E-state index in [1.54, 1.807) is 0 Å². The molecule has 136 valence electrons. The lowest BCUT2D eigenvalue weighted by Gasteiger charge is -2.27. The van der Waals surface area contributed by atoms with E-state index >= 15 is 0 Å². The molecule has 25 heavy (non-hydrogen) atoms. The summed E-state index contributed by atoms with van der Waals surface area (Å²) in [7, 11) is 0. The molecule has 1 aromatic carbocycles. The summed E-state index contributed by atoms with van der Waals surface area (Å²) < 4.78 is 5.95. The Bertz CT molecular complexity index is 650. The van der Waals surface area contributed by atoms with Gasteiger partial charge in [0.05, 0.1) is 0 Å². The number of fused-ring (bicyclic) bond motifs is 1. The monoisotopic (exact) mass is 344 g/mol. The molecule has 2 amide bonds. The van der Waals surface area contributed by atoms with Crippen molar-refractivity contribution >= 4 is 17.5 Å². The van der Waals surface area contributed by atoms with Gasteiger partial charge >= 0.3 is 0 Å². The molecule has 1 heterocycles. The SMILES string of the molecule is CCC1Oc2ccc(NC(=O)C3CCCC3)cc2CN(C(C)C)C1=O. The molecule has 1 aliphatic carbocycles. The van der Waals surface area contributed by atoms with E-state index in [1.807, 2.05) is 43.9 Å². The molecule has 5 nitrogen and oxygen atoms in total. The summed E-state index contributed by atoms with van der Waals surface area (Å²) in [5, 5.41) is 3.04. The minimum Gasteiger partial charge on any atom is -0.480 e. The van der Waals surface area contributed by atoms with Gasteiger partial charge in [-0.15, -0.1) is 0 Å². The Labute approximate surface area is 149 Å². The molecule has 1 N–H and O–H groups in total. The van der Waals surface area contributed by atoms with E-state index in [0.29, 0.717) is 13.0 Å². The Hall–Kier alpha value is -2.04. The molecule has 1 aliphatic heterocycles. The number of carbonyl (C=O) groups is 2. The first-order chi connectivity index (χ1) is 12.0. The van der Waals surface area contributed by atoms with Crippen molar-refractivity contribution < 1.29 is 14.3 Å². The third-order valence-corrected chi connectivity index (χ3v) is 5.22. The van der Waals surface area contributed by atoms with E-state index in [-0.39, 0.29) is 23.8 Å². The molecule has 5 heteroatoms. The first-order valence-corrected chi connectivity index (χ1v) is 9.40. The first-order valence-electron chi connectivity index (χ1n) is 9.40. The van der Waals surface area contributed by atoms with Gasteiger partial charge in [-0.1, -0.05) is 19.8 Å². The summed E-state index contributed by atoms with van der Waals surface area (Å²) in [6.07, 6.45) is 4.44. The molecule has 0 bridgehead atoms. The van der Waals surface area contributed by atoms with Crippen molar-refractivity contribution in [2.45, 2.75) is 71.6 Å². The van der Waals surface area contributed by atoms with Crippen LogP contribution >= 0.6 is 0 Å². The molecular weight excluding hydrogens is 316 g/mol.